The van der Waals surface area contributed by atoms with Crippen molar-refractivity contribution >= 4 is 30.1 Å². The molecule has 1 aliphatic rings. The molecule has 130 valence electrons. The maximum atomic E-state index is 12.2. The first-order valence-corrected chi connectivity index (χ1v) is 12.0. The molecule has 1 aromatic rings. The molecular weight excluding hydrogens is 390 g/mol. The maximum Gasteiger partial charge on any atom is 0.410 e. The van der Waals surface area contributed by atoms with Crippen LogP contribution >= 0.6 is 15.9 Å². The number of nitrogens with zero attached hydrogens (tertiary/aromatic N) is 1. The highest BCUT2D eigenvalue weighted by atomic mass is 79.9. The summed E-state index contributed by atoms with van der Waals surface area (Å²) in [6.07, 6.45) is -0.406. The summed E-state index contributed by atoms with van der Waals surface area (Å²) in [5.41, 5.74) is 4.19. The van der Waals surface area contributed by atoms with Gasteiger partial charge in [0.15, 0.2) is 11.5 Å². The van der Waals surface area contributed by atoms with Gasteiger partial charge in [-0.25, -0.2) is 4.79 Å². The molecule has 7 heteroatoms. The largest absolute Gasteiger partial charge is 0.454 e. The molecule has 0 spiro atoms. The van der Waals surface area contributed by atoms with Crippen molar-refractivity contribution in [1.82, 2.24) is 4.90 Å². The monoisotopic (exact) mass is 411 g/mol. The van der Waals surface area contributed by atoms with Crippen LogP contribution in [-0.4, -0.2) is 39.5 Å². The lowest BCUT2D eigenvalue weighted by atomic mass is 10.1. The number of rotatable bonds is 3. The van der Waals surface area contributed by atoms with Gasteiger partial charge < -0.3 is 14.2 Å². The summed E-state index contributed by atoms with van der Waals surface area (Å²) in [6, 6.07) is 3.28. The highest BCUT2D eigenvalue weighted by molar-refractivity contribution is 9.10. The van der Waals surface area contributed by atoms with E-state index in [1.165, 1.54) is 4.90 Å². The molecule has 0 fully saturated rings. The lowest BCUT2D eigenvalue weighted by molar-refractivity contribution is 0.109. The number of ether oxygens (including phenoxy) is 3. The second kappa shape index (κ2) is 7.49. The molecule has 5 nitrogen and oxygen atoms in total. The van der Waals surface area contributed by atoms with Crippen LogP contribution in [0.15, 0.2) is 16.6 Å². The van der Waals surface area contributed by atoms with Crippen molar-refractivity contribution in [3.63, 3.8) is 0 Å². The Morgan fingerprint density at radius 1 is 1.38 bits per heavy atom. The van der Waals surface area contributed by atoms with E-state index >= 15 is 0 Å². The Morgan fingerprint density at radius 3 is 2.58 bits per heavy atom. The Kier molecular flexibility index (Phi) is 5.83. The molecule has 1 aliphatic heterocycles. The first-order chi connectivity index (χ1) is 11.2. The second-order valence-electron chi connectivity index (χ2n) is 6.46. The van der Waals surface area contributed by atoms with E-state index in [9.17, 15) is 4.79 Å². The van der Waals surface area contributed by atoms with Gasteiger partial charge in [-0.2, -0.15) is 0 Å². The molecule has 0 N–H and O–H groups in total. The second-order valence-corrected chi connectivity index (χ2v) is 12.1. The van der Waals surface area contributed by atoms with Gasteiger partial charge >= 0.3 is 6.09 Å². The number of fused-ring (bicyclic) bond motifs is 1. The van der Waals surface area contributed by atoms with E-state index in [2.05, 4.69) is 47.0 Å². The lowest BCUT2D eigenvalue weighted by Crippen LogP contribution is -2.32. The molecule has 24 heavy (non-hydrogen) atoms. The van der Waals surface area contributed by atoms with Gasteiger partial charge in [-0.3, -0.25) is 4.90 Å². The third-order valence-electron chi connectivity index (χ3n) is 3.31. The SMILES string of the molecule is CCOC(=O)N(C)C(C#C[Si](C)(C)C)c1cc2c(cc1Br)OCO2. The van der Waals surface area contributed by atoms with E-state index in [0.717, 1.165) is 10.0 Å². The molecule has 0 saturated carbocycles. The molecule has 1 amide bonds. The van der Waals surface area contributed by atoms with Gasteiger partial charge in [0, 0.05) is 17.1 Å². The first-order valence-electron chi connectivity index (χ1n) is 7.74. The average Bonchev–Trinajstić information content (AvgIpc) is 2.93. The maximum absolute atomic E-state index is 12.2. The number of halogens is 1. The zero-order valence-electron chi connectivity index (χ0n) is 14.6. The van der Waals surface area contributed by atoms with Crippen molar-refractivity contribution in [3.05, 3.63) is 22.2 Å². The summed E-state index contributed by atoms with van der Waals surface area (Å²) >= 11 is 3.56. The Bertz CT molecular complexity index is 690. The van der Waals surface area contributed by atoms with Crippen LogP contribution in [0.3, 0.4) is 0 Å². The Hall–Kier alpha value is -1.65. The number of hydrogen-bond acceptors (Lipinski definition) is 4. The zero-order valence-corrected chi connectivity index (χ0v) is 17.2. The van der Waals surface area contributed by atoms with Crippen LogP contribution in [0.2, 0.25) is 19.6 Å². The number of amides is 1. The fourth-order valence-corrected chi connectivity index (χ4v) is 3.25. The number of hydrogen-bond donors (Lipinski definition) is 0. The Morgan fingerprint density at radius 2 is 2.00 bits per heavy atom. The number of carbonyl (C=O) groups excluding carboxylic acids is 1. The van der Waals surface area contributed by atoms with Crippen molar-refractivity contribution in [2.45, 2.75) is 32.6 Å². The highest BCUT2D eigenvalue weighted by Gasteiger charge is 2.26. The summed E-state index contributed by atoms with van der Waals surface area (Å²) in [7, 11) is 0.0920. The fraction of sp³-hybridized carbons (Fsp3) is 0.471. The molecule has 0 radical (unpaired) electrons. The highest BCUT2D eigenvalue weighted by Crippen LogP contribution is 2.40. The predicted octanol–water partition coefficient (Wildman–Crippen LogP) is 4.19. The quantitative estimate of drug-likeness (QED) is 0.552. The van der Waals surface area contributed by atoms with Crippen molar-refractivity contribution < 1.29 is 19.0 Å². The van der Waals surface area contributed by atoms with Crippen LogP contribution in [0.5, 0.6) is 11.5 Å². The first kappa shape index (κ1) is 18.7. The third-order valence-corrected chi connectivity index (χ3v) is 4.89. The van der Waals surface area contributed by atoms with Crippen molar-refractivity contribution in [2.75, 3.05) is 20.4 Å². The molecule has 0 aliphatic carbocycles. The normalized spacial score (nSPS) is 13.8. The molecule has 2 rings (SSSR count). The molecular formula is C17H22BrNO4Si. The molecule has 0 aromatic heterocycles. The number of carbonyl (C=O) groups is 1. The third kappa shape index (κ3) is 4.45. The molecule has 1 heterocycles. The molecule has 0 bridgehead atoms. The van der Waals surface area contributed by atoms with Crippen molar-refractivity contribution in [1.29, 1.82) is 0 Å². The van der Waals surface area contributed by atoms with E-state index in [4.69, 9.17) is 14.2 Å². The summed E-state index contributed by atoms with van der Waals surface area (Å²) in [6.45, 7) is 8.79. The van der Waals surface area contributed by atoms with Gasteiger partial charge in [0.25, 0.3) is 0 Å². The lowest BCUT2D eigenvalue weighted by Gasteiger charge is -2.25. The minimum absolute atomic E-state index is 0.199. The Balaban J connectivity index is 2.45. The van der Waals surface area contributed by atoms with Gasteiger partial charge in [-0.1, -0.05) is 41.5 Å². The predicted molar refractivity (Wildman–Crippen MR) is 98.9 cm³/mol. The minimum atomic E-state index is -1.60. The average molecular weight is 412 g/mol. The van der Waals surface area contributed by atoms with Crippen LogP contribution in [0.1, 0.15) is 18.5 Å². The minimum Gasteiger partial charge on any atom is -0.454 e. The topological polar surface area (TPSA) is 48.0 Å². The van der Waals surface area contributed by atoms with Crippen molar-refractivity contribution in [3.8, 4) is 23.0 Å². The zero-order chi connectivity index (χ0) is 17.9. The molecule has 0 saturated heterocycles. The van der Waals surface area contributed by atoms with E-state index in [1.54, 1.807) is 14.0 Å². The van der Waals surface area contributed by atoms with Crippen LogP contribution in [-0.2, 0) is 4.74 Å². The van der Waals surface area contributed by atoms with E-state index in [-0.39, 0.29) is 6.79 Å². The fourth-order valence-electron chi connectivity index (χ4n) is 2.14. The standard InChI is InChI=1S/C17H22BrNO4Si/c1-6-21-17(20)19(2)14(7-8-24(3,4)5)12-9-15-16(10-13(12)18)23-11-22-15/h9-10,14H,6,11H2,1-5H3. The van der Waals surface area contributed by atoms with Gasteiger partial charge in [0.2, 0.25) is 6.79 Å². The van der Waals surface area contributed by atoms with Crippen LogP contribution in [0.25, 0.3) is 0 Å². The molecule has 1 atom stereocenters. The summed E-state index contributed by atoms with van der Waals surface area (Å²) < 4.78 is 16.8. The van der Waals surface area contributed by atoms with Gasteiger partial charge in [0.05, 0.1) is 6.61 Å². The summed E-state index contributed by atoms with van der Waals surface area (Å²) in [4.78, 5) is 13.7. The van der Waals surface area contributed by atoms with Gasteiger partial charge in [-0.15, -0.1) is 5.54 Å². The van der Waals surface area contributed by atoms with Crippen LogP contribution in [0.4, 0.5) is 4.79 Å². The smallest absolute Gasteiger partial charge is 0.410 e. The van der Waals surface area contributed by atoms with E-state index < -0.39 is 20.2 Å². The summed E-state index contributed by atoms with van der Waals surface area (Å²) in [5.74, 6) is 4.60. The van der Waals surface area contributed by atoms with E-state index in [1.807, 2.05) is 12.1 Å². The van der Waals surface area contributed by atoms with Crippen LogP contribution < -0.4 is 9.47 Å². The van der Waals surface area contributed by atoms with Gasteiger partial charge in [-0.05, 0) is 19.1 Å². The van der Waals surface area contributed by atoms with Crippen LogP contribution in [0, 0.1) is 11.5 Å². The number of benzene rings is 1. The Labute approximate surface area is 152 Å². The van der Waals surface area contributed by atoms with E-state index in [0.29, 0.717) is 18.1 Å². The molecule has 1 unspecified atom stereocenters. The summed E-state index contributed by atoms with van der Waals surface area (Å²) in [5, 5.41) is 0. The van der Waals surface area contributed by atoms with Gasteiger partial charge in [0.1, 0.15) is 14.1 Å². The molecule has 1 aromatic carbocycles. The van der Waals surface area contributed by atoms with Crippen molar-refractivity contribution in [2.24, 2.45) is 0 Å².